The summed E-state index contributed by atoms with van der Waals surface area (Å²) in [6.07, 6.45) is 15.9. The van der Waals surface area contributed by atoms with E-state index < -0.39 is 12.0 Å². The first kappa shape index (κ1) is 50.0. The van der Waals surface area contributed by atoms with Crippen molar-refractivity contribution >= 4 is 35.3 Å². The molecule has 0 heterocycles. The summed E-state index contributed by atoms with van der Waals surface area (Å²) in [5, 5.41) is 26.1. The van der Waals surface area contributed by atoms with Gasteiger partial charge in [-0.3, -0.25) is 24.0 Å². The molecule has 0 unspecified atom stereocenters. The number of aliphatic hydroxyl groups is 1. The first-order chi connectivity index (χ1) is 25.6. The van der Waals surface area contributed by atoms with Gasteiger partial charge in [-0.1, -0.05) is 64.2 Å². The lowest BCUT2D eigenvalue weighted by Gasteiger charge is -2.14. The molecule has 0 aromatic carbocycles. The normalized spacial score (nSPS) is 11.6. The molecule has 53 heavy (non-hydrogen) atoms. The Kier molecular flexibility index (Phi) is 35.2. The van der Waals surface area contributed by atoms with Crippen LogP contribution in [0.1, 0.15) is 129 Å². The fourth-order valence-electron chi connectivity index (χ4n) is 5.22. The van der Waals surface area contributed by atoms with E-state index in [0.717, 1.165) is 38.5 Å². The lowest BCUT2D eigenvalue weighted by atomic mass is 10.0. The van der Waals surface area contributed by atoms with Crippen molar-refractivity contribution < 1.29 is 57.9 Å². The van der Waals surface area contributed by atoms with Crippen LogP contribution >= 0.6 is 0 Å². The molecule has 0 aliphatic heterocycles. The molecule has 0 saturated carbocycles. The SMILES string of the molecule is CC(=O)COCCOCCNC(=O)COCCOCCNC(=O)CC[C@H](NC(=O)CCCCCCCCCCCCCCC(=O)CCCCO)C(=O)O. The Morgan fingerprint density at radius 1 is 0.509 bits per heavy atom. The number of carboxylic acids is 1. The minimum absolute atomic E-state index is 0.0167. The zero-order valence-corrected chi connectivity index (χ0v) is 32.3. The highest BCUT2D eigenvalue weighted by atomic mass is 16.5. The average Bonchev–Trinajstić information content (AvgIpc) is 3.12. The van der Waals surface area contributed by atoms with E-state index in [1.807, 2.05) is 0 Å². The van der Waals surface area contributed by atoms with Crippen molar-refractivity contribution in [3.8, 4) is 0 Å². The Hall–Kier alpha value is -2.98. The fraction of sp³-hybridized carbons (Fsp3) is 0.842. The second kappa shape index (κ2) is 37.3. The fourth-order valence-corrected chi connectivity index (χ4v) is 5.22. The van der Waals surface area contributed by atoms with Crippen molar-refractivity contribution in [1.29, 1.82) is 0 Å². The molecule has 0 spiro atoms. The zero-order chi connectivity index (χ0) is 39.2. The minimum Gasteiger partial charge on any atom is -0.480 e. The van der Waals surface area contributed by atoms with Gasteiger partial charge in [0.1, 0.15) is 25.0 Å². The number of unbranched alkanes of at least 4 members (excludes halogenated alkanes) is 12. The van der Waals surface area contributed by atoms with E-state index in [1.54, 1.807) is 0 Å². The minimum atomic E-state index is -1.18. The van der Waals surface area contributed by atoms with Crippen molar-refractivity contribution in [2.75, 3.05) is 72.6 Å². The number of ketones is 2. The van der Waals surface area contributed by atoms with Crippen molar-refractivity contribution in [3.05, 3.63) is 0 Å². The van der Waals surface area contributed by atoms with E-state index in [9.17, 15) is 33.9 Å². The Morgan fingerprint density at radius 3 is 1.47 bits per heavy atom. The molecule has 0 aromatic heterocycles. The van der Waals surface area contributed by atoms with Crippen LogP contribution in [0.4, 0.5) is 0 Å². The van der Waals surface area contributed by atoms with Crippen LogP contribution < -0.4 is 16.0 Å². The number of hydrogen-bond acceptors (Lipinski definition) is 11. The van der Waals surface area contributed by atoms with Crippen molar-refractivity contribution in [3.63, 3.8) is 0 Å². The molecule has 0 aliphatic carbocycles. The summed E-state index contributed by atoms with van der Waals surface area (Å²) in [5.41, 5.74) is 0. The van der Waals surface area contributed by atoms with E-state index >= 15 is 0 Å². The molecule has 0 bridgehead atoms. The number of hydrogen-bond donors (Lipinski definition) is 5. The molecule has 1 atom stereocenters. The van der Waals surface area contributed by atoms with Gasteiger partial charge in [-0.05, 0) is 39.0 Å². The van der Waals surface area contributed by atoms with E-state index in [4.69, 9.17) is 24.1 Å². The Labute approximate surface area is 316 Å². The molecule has 15 heteroatoms. The molecular formula is C38H69N3O12. The standard InChI is InChI=1S/C38H69N3O12/c1-32(43)30-52-28-26-51-25-22-40-37(47)31-53-29-27-50-24-21-39-35(45)20-19-34(38(48)49)41-36(46)18-13-11-9-7-5-3-2-4-6-8-10-12-16-33(44)17-14-15-23-42/h34,42H,2-31H2,1H3,(H,39,45)(H,40,47)(H,41,46)(H,48,49)/t34-/m0/s1. The largest absolute Gasteiger partial charge is 0.480 e. The molecule has 308 valence electrons. The number of amides is 3. The number of Topliss-reactive ketones (excluding diaryl/α,β-unsaturated/α-hetero) is 2. The number of carboxylic acid groups (broad SMARTS) is 1. The molecule has 5 N–H and O–H groups in total. The van der Waals surface area contributed by atoms with E-state index in [-0.39, 0.29) is 89.0 Å². The first-order valence-electron chi connectivity index (χ1n) is 19.6. The summed E-state index contributed by atoms with van der Waals surface area (Å²) in [5.74, 6) is -1.88. The second-order valence-electron chi connectivity index (χ2n) is 13.2. The third kappa shape index (κ3) is 37.1. The van der Waals surface area contributed by atoms with Crippen LogP contribution in [0.5, 0.6) is 0 Å². The molecule has 0 radical (unpaired) electrons. The van der Waals surface area contributed by atoms with Crippen LogP contribution in [0.25, 0.3) is 0 Å². The number of ether oxygens (including phenoxy) is 4. The van der Waals surface area contributed by atoms with E-state index in [1.165, 1.54) is 45.4 Å². The van der Waals surface area contributed by atoms with Gasteiger partial charge in [0.25, 0.3) is 0 Å². The summed E-state index contributed by atoms with van der Waals surface area (Å²) in [6.45, 7) is 3.62. The second-order valence-corrected chi connectivity index (χ2v) is 13.2. The van der Waals surface area contributed by atoms with Gasteiger partial charge in [0.05, 0.1) is 39.6 Å². The zero-order valence-electron chi connectivity index (χ0n) is 32.3. The van der Waals surface area contributed by atoms with Gasteiger partial charge in [0.15, 0.2) is 5.78 Å². The summed E-state index contributed by atoms with van der Waals surface area (Å²) in [4.78, 5) is 70.3. The summed E-state index contributed by atoms with van der Waals surface area (Å²) in [7, 11) is 0. The van der Waals surface area contributed by atoms with Gasteiger partial charge in [-0.15, -0.1) is 0 Å². The highest BCUT2D eigenvalue weighted by molar-refractivity contribution is 5.84. The van der Waals surface area contributed by atoms with Crippen LogP contribution in [-0.2, 0) is 47.7 Å². The molecule has 0 saturated heterocycles. The monoisotopic (exact) mass is 759 g/mol. The number of aliphatic carboxylic acids is 1. The number of carbonyl (C=O) groups excluding carboxylic acids is 5. The van der Waals surface area contributed by atoms with E-state index in [2.05, 4.69) is 16.0 Å². The summed E-state index contributed by atoms with van der Waals surface area (Å²) < 4.78 is 20.9. The maximum atomic E-state index is 12.3. The quantitative estimate of drug-likeness (QED) is 0.0569. The molecule has 0 rings (SSSR count). The van der Waals surface area contributed by atoms with Crippen LogP contribution in [0.3, 0.4) is 0 Å². The van der Waals surface area contributed by atoms with Gasteiger partial charge in [-0.25, -0.2) is 4.79 Å². The summed E-state index contributed by atoms with van der Waals surface area (Å²) in [6, 6.07) is -1.13. The molecule has 0 aromatic rings. The third-order valence-corrected chi connectivity index (χ3v) is 8.19. The molecule has 3 amide bonds. The van der Waals surface area contributed by atoms with Gasteiger partial charge >= 0.3 is 5.97 Å². The Bertz CT molecular complexity index is 982. The molecule has 0 fully saturated rings. The number of rotatable bonds is 40. The topological polar surface area (TPSA) is 216 Å². The van der Waals surface area contributed by atoms with Crippen LogP contribution in [0.2, 0.25) is 0 Å². The maximum absolute atomic E-state index is 12.3. The molecular weight excluding hydrogens is 690 g/mol. The predicted molar refractivity (Wildman–Crippen MR) is 199 cm³/mol. The lowest BCUT2D eigenvalue weighted by Crippen LogP contribution is -2.41. The molecule has 15 nitrogen and oxygen atoms in total. The highest BCUT2D eigenvalue weighted by Gasteiger charge is 2.20. The van der Waals surface area contributed by atoms with Crippen molar-refractivity contribution in [2.45, 2.75) is 135 Å². The predicted octanol–water partition coefficient (Wildman–Crippen LogP) is 3.42. The van der Waals surface area contributed by atoms with Gasteiger partial charge in [0, 0.05) is 45.4 Å². The van der Waals surface area contributed by atoms with Gasteiger partial charge in [0.2, 0.25) is 17.7 Å². The number of aliphatic hydroxyl groups excluding tert-OH is 1. The number of carbonyl (C=O) groups is 6. The van der Waals surface area contributed by atoms with E-state index in [0.29, 0.717) is 57.8 Å². The van der Waals surface area contributed by atoms with Crippen molar-refractivity contribution in [1.82, 2.24) is 16.0 Å². The molecule has 0 aliphatic rings. The highest BCUT2D eigenvalue weighted by Crippen LogP contribution is 2.14. The van der Waals surface area contributed by atoms with Gasteiger partial charge < -0.3 is 45.1 Å². The first-order valence-corrected chi connectivity index (χ1v) is 19.6. The smallest absolute Gasteiger partial charge is 0.326 e. The van der Waals surface area contributed by atoms with Crippen LogP contribution in [0.15, 0.2) is 0 Å². The maximum Gasteiger partial charge on any atom is 0.326 e. The van der Waals surface area contributed by atoms with Crippen LogP contribution in [0, 0.1) is 0 Å². The number of nitrogens with one attached hydrogen (secondary N) is 3. The van der Waals surface area contributed by atoms with Crippen molar-refractivity contribution in [2.24, 2.45) is 0 Å². The summed E-state index contributed by atoms with van der Waals surface area (Å²) >= 11 is 0. The third-order valence-electron chi connectivity index (χ3n) is 8.19. The van der Waals surface area contributed by atoms with Crippen LogP contribution in [-0.4, -0.2) is 124 Å². The average molecular weight is 760 g/mol. The van der Waals surface area contributed by atoms with Gasteiger partial charge in [-0.2, -0.15) is 0 Å². The lowest BCUT2D eigenvalue weighted by molar-refractivity contribution is -0.142. The Morgan fingerprint density at radius 2 is 0.962 bits per heavy atom. The Balaban J connectivity index is 3.67.